The van der Waals surface area contributed by atoms with E-state index in [2.05, 4.69) is 25.8 Å². The number of anilines is 1. The number of benzene rings is 2. The molecule has 2 heterocycles. The number of para-hydroxylation sites is 1. The summed E-state index contributed by atoms with van der Waals surface area (Å²) in [6.45, 7) is 2.01. The molecule has 0 aliphatic heterocycles. The molecule has 0 spiro atoms. The maximum atomic E-state index is 12.3. The molecule has 160 valence electrons. The maximum absolute atomic E-state index is 12.3. The number of urea groups is 1. The molecule has 32 heavy (non-hydrogen) atoms. The third-order valence-electron chi connectivity index (χ3n) is 4.48. The number of imide groups is 1. The van der Waals surface area contributed by atoms with Crippen LogP contribution < -0.4 is 10.6 Å². The molecule has 0 aliphatic rings. The van der Waals surface area contributed by atoms with E-state index >= 15 is 0 Å². The first kappa shape index (κ1) is 21.3. The lowest BCUT2D eigenvalue weighted by Gasteiger charge is -2.11. The Hall–Kier alpha value is -3.98. The number of nitrogens with zero attached hydrogens (tertiary/aromatic N) is 4. The van der Waals surface area contributed by atoms with Gasteiger partial charge in [-0.25, -0.2) is 4.79 Å². The highest BCUT2D eigenvalue weighted by Gasteiger charge is 2.18. The molecule has 0 fully saturated rings. The zero-order valence-electron chi connectivity index (χ0n) is 17.2. The van der Waals surface area contributed by atoms with Gasteiger partial charge in [0.25, 0.3) is 0 Å². The molecule has 0 saturated carbocycles. The van der Waals surface area contributed by atoms with Crippen LogP contribution in [0.1, 0.15) is 5.56 Å². The van der Waals surface area contributed by atoms with E-state index in [1.807, 2.05) is 54.0 Å². The van der Waals surface area contributed by atoms with Crippen molar-refractivity contribution in [3.05, 3.63) is 84.7 Å². The van der Waals surface area contributed by atoms with Gasteiger partial charge < -0.3 is 5.32 Å². The van der Waals surface area contributed by atoms with Crippen LogP contribution in [-0.4, -0.2) is 37.4 Å². The van der Waals surface area contributed by atoms with Gasteiger partial charge in [0.2, 0.25) is 5.91 Å². The summed E-state index contributed by atoms with van der Waals surface area (Å²) in [4.78, 5) is 28.4. The molecular formula is C23H20N6O2S. The van der Waals surface area contributed by atoms with Crippen molar-refractivity contribution in [3.63, 3.8) is 0 Å². The van der Waals surface area contributed by atoms with E-state index in [9.17, 15) is 9.59 Å². The van der Waals surface area contributed by atoms with Gasteiger partial charge >= 0.3 is 6.03 Å². The van der Waals surface area contributed by atoms with Gasteiger partial charge in [0, 0.05) is 29.3 Å². The van der Waals surface area contributed by atoms with E-state index in [4.69, 9.17) is 0 Å². The molecule has 0 radical (unpaired) electrons. The Kier molecular flexibility index (Phi) is 6.57. The largest absolute Gasteiger partial charge is 0.325 e. The SMILES string of the molecule is Cc1ccc(-n2c(SCC(=O)NC(=O)Nc3ccccc3)nnc2-c2ccncc2)cc1. The fourth-order valence-corrected chi connectivity index (χ4v) is 3.71. The second-order valence-corrected chi connectivity index (χ2v) is 7.81. The minimum atomic E-state index is -0.584. The van der Waals surface area contributed by atoms with Crippen LogP contribution in [-0.2, 0) is 4.79 Å². The van der Waals surface area contributed by atoms with E-state index in [1.165, 1.54) is 11.8 Å². The third kappa shape index (κ3) is 5.19. The quantitative estimate of drug-likeness (QED) is 0.435. The minimum Gasteiger partial charge on any atom is -0.308 e. The summed E-state index contributed by atoms with van der Waals surface area (Å²) in [5, 5.41) is 14.1. The van der Waals surface area contributed by atoms with Crippen LogP contribution in [0, 0.1) is 6.92 Å². The Morgan fingerprint density at radius 2 is 1.66 bits per heavy atom. The van der Waals surface area contributed by atoms with Gasteiger partial charge in [-0.15, -0.1) is 10.2 Å². The lowest BCUT2D eigenvalue weighted by molar-refractivity contribution is -0.117. The van der Waals surface area contributed by atoms with Gasteiger partial charge in [-0.3, -0.25) is 19.7 Å². The van der Waals surface area contributed by atoms with Crippen molar-refractivity contribution in [2.24, 2.45) is 0 Å². The molecule has 0 saturated heterocycles. The zero-order valence-corrected chi connectivity index (χ0v) is 18.0. The van der Waals surface area contributed by atoms with Crippen molar-refractivity contribution in [1.82, 2.24) is 25.1 Å². The Labute approximate surface area is 189 Å². The first-order chi connectivity index (χ1) is 15.6. The summed E-state index contributed by atoms with van der Waals surface area (Å²) in [6, 6.07) is 20.0. The van der Waals surface area contributed by atoms with Crippen LogP contribution in [0.25, 0.3) is 17.1 Å². The summed E-state index contributed by atoms with van der Waals surface area (Å²) in [5.74, 6) is 0.205. The Bertz CT molecular complexity index is 1210. The first-order valence-electron chi connectivity index (χ1n) is 9.82. The number of hydrogen-bond acceptors (Lipinski definition) is 6. The molecule has 0 bridgehead atoms. The monoisotopic (exact) mass is 444 g/mol. The fourth-order valence-electron chi connectivity index (χ4n) is 2.95. The molecule has 4 rings (SSSR count). The normalized spacial score (nSPS) is 10.5. The number of thioether (sulfide) groups is 1. The second-order valence-electron chi connectivity index (χ2n) is 6.87. The summed E-state index contributed by atoms with van der Waals surface area (Å²) in [6.07, 6.45) is 3.38. The van der Waals surface area contributed by atoms with Crippen molar-refractivity contribution >= 4 is 29.4 Å². The average molecular weight is 445 g/mol. The molecule has 0 unspecified atom stereocenters. The molecule has 0 atom stereocenters. The second kappa shape index (κ2) is 9.88. The first-order valence-corrected chi connectivity index (χ1v) is 10.8. The summed E-state index contributed by atoms with van der Waals surface area (Å²) >= 11 is 1.20. The van der Waals surface area contributed by atoms with Gasteiger partial charge in [-0.2, -0.15) is 0 Å². The standard InChI is InChI=1S/C23H20N6O2S/c1-16-7-9-19(10-8-16)29-21(17-11-13-24-14-12-17)27-28-23(29)32-15-20(30)26-22(31)25-18-5-3-2-4-6-18/h2-14H,15H2,1H3,(H2,25,26,30,31). The molecule has 3 amide bonds. The number of carbonyl (C=O) groups is 2. The van der Waals surface area contributed by atoms with Gasteiger partial charge in [0.05, 0.1) is 5.75 Å². The predicted molar refractivity (Wildman–Crippen MR) is 124 cm³/mol. The van der Waals surface area contributed by atoms with Gasteiger partial charge in [-0.1, -0.05) is 47.7 Å². The molecule has 0 aliphatic carbocycles. The Balaban J connectivity index is 1.49. The van der Waals surface area contributed by atoms with E-state index in [0.29, 0.717) is 16.7 Å². The van der Waals surface area contributed by atoms with Gasteiger partial charge in [0.1, 0.15) is 0 Å². The van der Waals surface area contributed by atoms with E-state index in [1.54, 1.807) is 36.7 Å². The Morgan fingerprint density at radius 3 is 2.38 bits per heavy atom. The summed E-state index contributed by atoms with van der Waals surface area (Å²) in [5.41, 5.74) is 3.46. The van der Waals surface area contributed by atoms with Crippen molar-refractivity contribution in [2.75, 3.05) is 11.1 Å². The van der Waals surface area contributed by atoms with E-state index in [-0.39, 0.29) is 5.75 Å². The third-order valence-corrected chi connectivity index (χ3v) is 5.41. The van der Waals surface area contributed by atoms with E-state index < -0.39 is 11.9 Å². The van der Waals surface area contributed by atoms with Crippen LogP contribution in [0.3, 0.4) is 0 Å². The zero-order chi connectivity index (χ0) is 22.3. The lowest BCUT2D eigenvalue weighted by atomic mass is 10.2. The van der Waals surface area contributed by atoms with Crippen molar-refractivity contribution in [3.8, 4) is 17.1 Å². The van der Waals surface area contributed by atoms with Gasteiger partial charge in [-0.05, 0) is 43.3 Å². The van der Waals surface area contributed by atoms with Crippen LogP contribution in [0.4, 0.5) is 10.5 Å². The molecule has 2 N–H and O–H groups in total. The molecular weight excluding hydrogens is 424 g/mol. The predicted octanol–water partition coefficient (Wildman–Crippen LogP) is 4.08. The molecule has 8 nitrogen and oxygen atoms in total. The van der Waals surface area contributed by atoms with Crippen molar-refractivity contribution in [1.29, 1.82) is 0 Å². The molecule has 4 aromatic rings. The number of rotatable bonds is 6. The van der Waals surface area contributed by atoms with Crippen LogP contribution >= 0.6 is 11.8 Å². The Morgan fingerprint density at radius 1 is 0.938 bits per heavy atom. The minimum absolute atomic E-state index is 0.00253. The highest BCUT2D eigenvalue weighted by Crippen LogP contribution is 2.27. The fraction of sp³-hybridized carbons (Fsp3) is 0.0870. The number of carbonyl (C=O) groups excluding carboxylic acids is 2. The average Bonchev–Trinajstić information content (AvgIpc) is 3.23. The number of hydrogen-bond donors (Lipinski definition) is 2. The van der Waals surface area contributed by atoms with Gasteiger partial charge in [0.15, 0.2) is 11.0 Å². The smallest absolute Gasteiger partial charge is 0.308 e. The lowest BCUT2D eigenvalue weighted by Crippen LogP contribution is -2.35. The number of amides is 3. The van der Waals surface area contributed by atoms with Crippen molar-refractivity contribution in [2.45, 2.75) is 12.1 Å². The number of pyridine rings is 1. The molecule has 9 heteroatoms. The highest BCUT2D eigenvalue weighted by molar-refractivity contribution is 7.99. The maximum Gasteiger partial charge on any atom is 0.325 e. The summed E-state index contributed by atoms with van der Waals surface area (Å²) < 4.78 is 1.89. The highest BCUT2D eigenvalue weighted by atomic mass is 32.2. The van der Waals surface area contributed by atoms with Crippen LogP contribution in [0.15, 0.2) is 84.3 Å². The number of nitrogens with one attached hydrogen (secondary N) is 2. The summed E-state index contributed by atoms with van der Waals surface area (Å²) in [7, 11) is 0. The topological polar surface area (TPSA) is 102 Å². The van der Waals surface area contributed by atoms with Crippen LogP contribution in [0.2, 0.25) is 0 Å². The van der Waals surface area contributed by atoms with Crippen LogP contribution in [0.5, 0.6) is 0 Å². The molecule has 2 aromatic carbocycles. The molecule has 2 aromatic heterocycles. The number of aryl methyl sites for hydroxylation is 1. The van der Waals surface area contributed by atoms with E-state index in [0.717, 1.165) is 16.8 Å². The van der Waals surface area contributed by atoms with Crippen molar-refractivity contribution < 1.29 is 9.59 Å². The number of aromatic nitrogens is 4.